The molecule has 2 heterocycles. The van der Waals surface area contributed by atoms with Crippen molar-refractivity contribution in [2.75, 3.05) is 13.1 Å². The Labute approximate surface area is 104 Å². The van der Waals surface area contributed by atoms with Crippen LogP contribution in [0.3, 0.4) is 0 Å². The molecule has 0 saturated carbocycles. The van der Waals surface area contributed by atoms with Gasteiger partial charge in [-0.1, -0.05) is 0 Å². The number of nitrogens with two attached hydrogens (primary N) is 1. The van der Waals surface area contributed by atoms with E-state index in [1.54, 1.807) is 18.3 Å². The molecule has 2 unspecified atom stereocenters. The number of hydrogen-bond donors (Lipinski definition) is 1. The fraction of sp³-hybridized carbons (Fsp3) is 0.545. The van der Waals surface area contributed by atoms with Crippen molar-refractivity contribution in [1.82, 2.24) is 4.90 Å². The van der Waals surface area contributed by atoms with Crippen molar-refractivity contribution < 1.29 is 4.79 Å². The number of nitrogens with zero attached hydrogens (tertiary/aromatic N) is 1. The molecule has 0 saturated heterocycles. The molecule has 0 aromatic carbocycles. The van der Waals surface area contributed by atoms with E-state index in [9.17, 15) is 4.79 Å². The van der Waals surface area contributed by atoms with Gasteiger partial charge in [0, 0.05) is 18.0 Å². The molecule has 3 nitrogen and oxygen atoms in total. The van der Waals surface area contributed by atoms with Gasteiger partial charge in [0.1, 0.15) is 5.38 Å². The van der Waals surface area contributed by atoms with Crippen LogP contribution >= 0.6 is 22.9 Å². The van der Waals surface area contributed by atoms with Crippen LogP contribution in [0.2, 0.25) is 0 Å². The highest BCUT2D eigenvalue weighted by Crippen LogP contribution is 2.33. The predicted molar refractivity (Wildman–Crippen MR) is 66.8 cm³/mol. The normalized spacial score (nSPS) is 21.7. The molecule has 2 atom stereocenters. The van der Waals surface area contributed by atoms with Gasteiger partial charge in [-0.15, -0.1) is 22.9 Å². The van der Waals surface area contributed by atoms with Crippen LogP contribution in [0.4, 0.5) is 0 Å². The first-order chi connectivity index (χ1) is 7.65. The fourth-order valence-corrected chi connectivity index (χ4v) is 3.32. The van der Waals surface area contributed by atoms with Gasteiger partial charge in [-0.3, -0.25) is 4.79 Å². The van der Waals surface area contributed by atoms with Crippen molar-refractivity contribution in [3.63, 3.8) is 0 Å². The first-order valence-corrected chi connectivity index (χ1v) is 6.67. The van der Waals surface area contributed by atoms with Gasteiger partial charge in [0.25, 0.3) is 0 Å². The second-order valence-corrected chi connectivity index (χ2v) is 5.56. The monoisotopic (exact) mass is 258 g/mol. The standard InChI is InChI=1S/C11H15ClN2OS/c1-7(12)11(15)14-4-2-8-3-5-16-10(8)9(14)6-13/h3,5,7,9H,2,4,6,13H2,1H3. The van der Waals surface area contributed by atoms with Crippen molar-refractivity contribution in [2.24, 2.45) is 5.73 Å². The van der Waals surface area contributed by atoms with Crippen molar-refractivity contribution in [1.29, 1.82) is 0 Å². The summed E-state index contributed by atoms with van der Waals surface area (Å²) in [7, 11) is 0. The van der Waals surface area contributed by atoms with E-state index in [0.717, 1.165) is 13.0 Å². The van der Waals surface area contributed by atoms with E-state index in [-0.39, 0.29) is 11.9 Å². The number of rotatable bonds is 2. The van der Waals surface area contributed by atoms with E-state index in [1.807, 2.05) is 4.90 Å². The zero-order chi connectivity index (χ0) is 11.7. The minimum absolute atomic E-state index is 0.0115. The van der Waals surface area contributed by atoms with Gasteiger partial charge in [0.15, 0.2) is 0 Å². The minimum atomic E-state index is -0.476. The Kier molecular flexibility index (Phi) is 3.52. The van der Waals surface area contributed by atoms with Gasteiger partial charge in [-0.25, -0.2) is 0 Å². The average molecular weight is 259 g/mol. The first kappa shape index (κ1) is 11.9. The number of carbonyl (C=O) groups is 1. The molecule has 1 aliphatic heterocycles. The Morgan fingerprint density at radius 2 is 2.56 bits per heavy atom. The molecule has 0 aliphatic carbocycles. The number of alkyl halides is 1. The lowest BCUT2D eigenvalue weighted by atomic mass is 10.0. The summed E-state index contributed by atoms with van der Waals surface area (Å²) in [6.45, 7) is 2.89. The largest absolute Gasteiger partial charge is 0.332 e. The number of thiophene rings is 1. The summed E-state index contributed by atoms with van der Waals surface area (Å²) in [4.78, 5) is 15.0. The maximum atomic E-state index is 11.9. The highest BCUT2D eigenvalue weighted by molar-refractivity contribution is 7.10. The maximum Gasteiger partial charge on any atom is 0.240 e. The van der Waals surface area contributed by atoms with E-state index in [0.29, 0.717) is 6.54 Å². The Bertz CT molecular complexity index is 391. The Hall–Kier alpha value is -0.580. The highest BCUT2D eigenvalue weighted by atomic mass is 35.5. The molecule has 88 valence electrons. The summed E-state index contributed by atoms with van der Waals surface area (Å²) >= 11 is 7.53. The molecule has 0 spiro atoms. The van der Waals surface area contributed by atoms with Crippen LogP contribution in [0.1, 0.15) is 23.4 Å². The lowest BCUT2D eigenvalue weighted by Gasteiger charge is -2.35. The summed E-state index contributed by atoms with van der Waals surface area (Å²) in [5, 5.41) is 1.58. The second-order valence-electron chi connectivity index (χ2n) is 3.96. The summed E-state index contributed by atoms with van der Waals surface area (Å²) in [5.41, 5.74) is 7.10. The van der Waals surface area contributed by atoms with E-state index in [4.69, 9.17) is 17.3 Å². The average Bonchev–Trinajstić information content (AvgIpc) is 2.74. The van der Waals surface area contributed by atoms with Crippen molar-refractivity contribution in [2.45, 2.75) is 24.8 Å². The number of amides is 1. The second kappa shape index (κ2) is 4.73. The molecule has 5 heteroatoms. The Morgan fingerprint density at radius 1 is 1.81 bits per heavy atom. The quantitative estimate of drug-likeness (QED) is 0.822. The molecule has 1 amide bonds. The lowest BCUT2D eigenvalue weighted by Crippen LogP contribution is -2.45. The smallest absolute Gasteiger partial charge is 0.240 e. The molecular formula is C11H15ClN2OS. The van der Waals surface area contributed by atoms with Crippen LogP contribution in [-0.4, -0.2) is 29.3 Å². The maximum absolute atomic E-state index is 11.9. The van der Waals surface area contributed by atoms with E-state index < -0.39 is 5.38 Å². The van der Waals surface area contributed by atoms with Gasteiger partial charge in [-0.05, 0) is 30.4 Å². The molecule has 0 radical (unpaired) electrons. The number of carbonyl (C=O) groups excluding carboxylic acids is 1. The third-order valence-corrected chi connectivity index (χ3v) is 4.18. The SMILES string of the molecule is CC(Cl)C(=O)N1CCc2ccsc2C1CN. The van der Waals surface area contributed by atoms with Crippen molar-refractivity contribution in [3.05, 3.63) is 21.9 Å². The number of fused-ring (bicyclic) bond motifs is 1. The summed E-state index contributed by atoms with van der Waals surface area (Å²) < 4.78 is 0. The van der Waals surface area contributed by atoms with Gasteiger partial charge < -0.3 is 10.6 Å². The van der Waals surface area contributed by atoms with Gasteiger partial charge in [-0.2, -0.15) is 0 Å². The molecule has 1 aromatic heterocycles. The Balaban J connectivity index is 2.27. The molecule has 1 aromatic rings. The van der Waals surface area contributed by atoms with Crippen molar-refractivity contribution in [3.8, 4) is 0 Å². The van der Waals surface area contributed by atoms with Gasteiger partial charge >= 0.3 is 0 Å². The van der Waals surface area contributed by atoms with E-state index >= 15 is 0 Å². The molecule has 1 aliphatic rings. The first-order valence-electron chi connectivity index (χ1n) is 5.36. The summed E-state index contributed by atoms with van der Waals surface area (Å²) in [6.07, 6.45) is 0.907. The van der Waals surface area contributed by atoms with Crippen LogP contribution in [-0.2, 0) is 11.2 Å². The fourth-order valence-electron chi connectivity index (χ4n) is 2.11. The number of halogens is 1. The summed E-state index contributed by atoms with van der Waals surface area (Å²) in [6, 6.07) is 2.13. The van der Waals surface area contributed by atoms with E-state index in [2.05, 4.69) is 11.4 Å². The zero-order valence-electron chi connectivity index (χ0n) is 9.15. The van der Waals surface area contributed by atoms with Crippen LogP contribution < -0.4 is 5.73 Å². The van der Waals surface area contributed by atoms with Crippen LogP contribution in [0.15, 0.2) is 11.4 Å². The Morgan fingerprint density at radius 3 is 3.19 bits per heavy atom. The molecule has 0 fully saturated rings. The predicted octanol–water partition coefficient (Wildman–Crippen LogP) is 1.76. The van der Waals surface area contributed by atoms with Crippen LogP contribution in [0, 0.1) is 0 Å². The molecule has 2 N–H and O–H groups in total. The molecular weight excluding hydrogens is 244 g/mol. The third-order valence-electron chi connectivity index (χ3n) is 2.93. The van der Waals surface area contributed by atoms with Gasteiger partial charge in [0.2, 0.25) is 5.91 Å². The molecule has 0 bridgehead atoms. The summed E-state index contributed by atoms with van der Waals surface area (Å²) in [5.74, 6) is -0.0174. The topological polar surface area (TPSA) is 46.3 Å². The molecule has 16 heavy (non-hydrogen) atoms. The lowest BCUT2D eigenvalue weighted by molar-refractivity contribution is -0.133. The van der Waals surface area contributed by atoms with Crippen molar-refractivity contribution >= 4 is 28.8 Å². The molecule has 2 rings (SSSR count). The zero-order valence-corrected chi connectivity index (χ0v) is 10.7. The van der Waals surface area contributed by atoms with Crippen LogP contribution in [0.25, 0.3) is 0 Å². The highest BCUT2D eigenvalue weighted by Gasteiger charge is 2.32. The van der Waals surface area contributed by atoms with Gasteiger partial charge in [0.05, 0.1) is 6.04 Å². The van der Waals surface area contributed by atoms with E-state index in [1.165, 1.54) is 10.4 Å². The third kappa shape index (κ3) is 1.97. The minimum Gasteiger partial charge on any atom is -0.332 e. The number of hydrogen-bond acceptors (Lipinski definition) is 3. The van der Waals surface area contributed by atoms with Crippen LogP contribution in [0.5, 0.6) is 0 Å².